The summed E-state index contributed by atoms with van der Waals surface area (Å²) in [4.78, 5) is 11.2. The summed E-state index contributed by atoms with van der Waals surface area (Å²) >= 11 is 0. The summed E-state index contributed by atoms with van der Waals surface area (Å²) in [5.74, 6) is -3.48. The van der Waals surface area contributed by atoms with Gasteiger partial charge in [-0.2, -0.15) is 4.31 Å². The van der Waals surface area contributed by atoms with Gasteiger partial charge in [0, 0.05) is 19.6 Å². The van der Waals surface area contributed by atoms with Gasteiger partial charge in [0.05, 0.1) is 0 Å². The number of nitrogens with zero attached hydrogens (tertiary/aromatic N) is 1. The third kappa shape index (κ3) is 3.81. The Balaban J connectivity index is 2.43. The molecule has 8 heteroatoms. The van der Waals surface area contributed by atoms with Gasteiger partial charge in [-0.05, 0) is 25.0 Å². The molecular weight excluding hydrogens is 338 g/mol. The second-order valence-electron chi connectivity index (χ2n) is 5.55. The maximum atomic E-state index is 14.6. The van der Waals surface area contributed by atoms with Crippen molar-refractivity contribution in [2.75, 3.05) is 19.6 Å². The second kappa shape index (κ2) is 7.85. The van der Waals surface area contributed by atoms with Gasteiger partial charge in [-0.3, -0.25) is 4.79 Å². The van der Waals surface area contributed by atoms with Gasteiger partial charge in [-0.1, -0.05) is 18.9 Å². The number of carbonyl (C=O) groups is 1. The lowest BCUT2D eigenvalue weighted by Crippen LogP contribution is -2.33. The predicted molar refractivity (Wildman–Crippen MR) is 86.1 cm³/mol. The fraction of sp³-hybridized carbons (Fsp3) is 0.438. The Kier molecular flexibility index (Phi) is 6.06. The molecular formula is C16H20F2N2O3S. The van der Waals surface area contributed by atoms with Crippen LogP contribution in [-0.4, -0.2) is 38.3 Å². The van der Waals surface area contributed by atoms with E-state index in [0.29, 0.717) is 12.8 Å². The molecule has 1 amide bonds. The smallest absolute Gasteiger partial charge is 0.257 e. The standard InChI is InChI=1S/C16H20F2N2O3S/c1-2-9-19-16(21)14-12(17)7-8-13(15(14)18)24(22,23)20-10-5-3-4-6-11-20/h2,7-8H,1,3-6,9-11H2,(H,19,21). The van der Waals surface area contributed by atoms with Crippen molar-refractivity contribution in [1.29, 1.82) is 0 Å². The van der Waals surface area contributed by atoms with Gasteiger partial charge < -0.3 is 5.32 Å². The molecule has 1 heterocycles. The number of nitrogens with one attached hydrogen (secondary N) is 1. The molecule has 0 saturated carbocycles. The van der Waals surface area contributed by atoms with E-state index < -0.39 is 38.0 Å². The number of benzene rings is 1. The van der Waals surface area contributed by atoms with Crippen LogP contribution in [0.4, 0.5) is 8.78 Å². The Hall–Kier alpha value is -1.80. The fourth-order valence-corrected chi connectivity index (χ4v) is 4.20. The van der Waals surface area contributed by atoms with Crippen LogP contribution in [0.3, 0.4) is 0 Å². The molecule has 1 saturated heterocycles. The lowest BCUT2D eigenvalue weighted by Gasteiger charge is -2.21. The van der Waals surface area contributed by atoms with Crippen molar-refractivity contribution in [3.8, 4) is 0 Å². The van der Waals surface area contributed by atoms with E-state index in [1.54, 1.807) is 0 Å². The molecule has 1 aliphatic heterocycles. The first kappa shape index (κ1) is 18.5. The fourth-order valence-electron chi connectivity index (χ4n) is 2.62. The molecule has 5 nitrogen and oxygen atoms in total. The summed E-state index contributed by atoms with van der Waals surface area (Å²) in [6.45, 7) is 3.99. The lowest BCUT2D eigenvalue weighted by molar-refractivity contribution is 0.0949. The van der Waals surface area contributed by atoms with Gasteiger partial charge in [-0.15, -0.1) is 6.58 Å². The van der Waals surface area contributed by atoms with Gasteiger partial charge >= 0.3 is 0 Å². The Bertz CT molecular complexity index is 727. The number of hydrogen-bond donors (Lipinski definition) is 1. The highest BCUT2D eigenvalue weighted by Gasteiger charge is 2.31. The Morgan fingerprint density at radius 2 is 1.83 bits per heavy atom. The number of hydrogen-bond acceptors (Lipinski definition) is 3. The Morgan fingerprint density at radius 3 is 2.42 bits per heavy atom. The largest absolute Gasteiger partial charge is 0.348 e. The van der Waals surface area contributed by atoms with E-state index in [1.165, 1.54) is 10.4 Å². The molecule has 1 fully saturated rings. The van der Waals surface area contributed by atoms with E-state index >= 15 is 0 Å². The van der Waals surface area contributed by atoms with E-state index in [2.05, 4.69) is 11.9 Å². The number of rotatable bonds is 5. The molecule has 1 N–H and O–H groups in total. The monoisotopic (exact) mass is 358 g/mol. The van der Waals surface area contributed by atoms with Gasteiger partial charge in [0.25, 0.3) is 5.91 Å². The SMILES string of the molecule is C=CCNC(=O)c1c(F)ccc(S(=O)(=O)N2CCCCCC2)c1F. The van der Waals surface area contributed by atoms with Gasteiger partial charge in [0.1, 0.15) is 16.3 Å². The number of amides is 1. The van der Waals surface area contributed by atoms with Crippen LogP contribution in [-0.2, 0) is 10.0 Å². The van der Waals surface area contributed by atoms with E-state index in [9.17, 15) is 22.0 Å². The van der Waals surface area contributed by atoms with E-state index in [4.69, 9.17) is 0 Å². The van der Waals surface area contributed by atoms with Gasteiger partial charge in [-0.25, -0.2) is 17.2 Å². The van der Waals surface area contributed by atoms with Crippen molar-refractivity contribution >= 4 is 15.9 Å². The van der Waals surface area contributed by atoms with Gasteiger partial charge in [0.15, 0.2) is 5.82 Å². The molecule has 0 spiro atoms. The number of carbonyl (C=O) groups excluding carboxylic acids is 1. The first-order valence-corrected chi connectivity index (χ1v) is 9.21. The minimum absolute atomic E-state index is 0.0147. The molecule has 24 heavy (non-hydrogen) atoms. The van der Waals surface area contributed by atoms with Crippen molar-refractivity contribution in [3.63, 3.8) is 0 Å². The quantitative estimate of drug-likeness (QED) is 0.822. The molecule has 1 aromatic carbocycles. The zero-order valence-corrected chi connectivity index (χ0v) is 14.0. The average molecular weight is 358 g/mol. The second-order valence-corrected chi connectivity index (χ2v) is 7.46. The highest BCUT2D eigenvalue weighted by molar-refractivity contribution is 7.89. The molecule has 0 radical (unpaired) electrons. The molecule has 0 unspecified atom stereocenters. The molecule has 132 valence electrons. The Labute approximate surface area is 140 Å². The number of halogens is 2. The zero-order chi connectivity index (χ0) is 17.7. The van der Waals surface area contributed by atoms with Gasteiger partial charge in [0.2, 0.25) is 10.0 Å². The summed E-state index contributed by atoms with van der Waals surface area (Å²) in [6, 6.07) is 1.67. The summed E-state index contributed by atoms with van der Waals surface area (Å²) < 4.78 is 55.0. The topological polar surface area (TPSA) is 66.5 Å². The van der Waals surface area contributed by atoms with Crippen molar-refractivity contribution in [2.24, 2.45) is 0 Å². The van der Waals surface area contributed by atoms with Crippen molar-refractivity contribution in [1.82, 2.24) is 9.62 Å². The van der Waals surface area contributed by atoms with Crippen LogP contribution in [0.2, 0.25) is 0 Å². The summed E-state index contributed by atoms with van der Waals surface area (Å²) in [5, 5.41) is 2.25. The van der Waals surface area contributed by atoms with Crippen LogP contribution < -0.4 is 5.32 Å². The van der Waals surface area contributed by atoms with E-state index in [0.717, 1.165) is 25.0 Å². The third-order valence-corrected chi connectivity index (χ3v) is 5.79. The normalized spacial score (nSPS) is 16.4. The number of sulfonamides is 1. The minimum atomic E-state index is -4.12. The first-order chi connectivity index (χ1) is 11.4. The maximum absolute atomic E-state index is 14.6. The highest BCUT2D eigenvalue weighted by atomic mass is 32.2. The van der Waals surface area contributed by atoms with Crippen LogP contribution in [0.1, 0.15) is 36.0 Å². The van der Waals surface area contributed by atoms with Crippen LogP contribution in [0, 0.1) is 11.6 Å². The first-order valence-electron chi connectivity index (χ1n) is 7.77. The summed E-state index contributed by atoms with van der Waals surface area (Å²) in [5.41, 5.74) is -0.896. The van der Waals surface area contributed by atoms with E-state index in [1.807, 2.05) is 0 Å². The molecule has 0 aliphatic carbocycles. The lowest BCUT2D eigenvalue weighted by atomic mass is 10.2. The average Bonchev–Trinajstić information content (AvgIpc) is 2.82. The summed E-state index contributed by atoms with van der Waals surface area (Å²) in [6.07, 6.45) is 4.55. The molecule has 0 bridgehead atoms. The zero-order valence-electron chi connectivity index (χ0n) is 13.2. The van der Waals surface area contributed by atoms with Crippen LogP contribution in [0.15, 0.2) is 29.7 Å². The predicted octanol–water partition coefficient (Wildman–Crippen LogP) is 2.45. The van der Waals surface area contributed by atoms with Crippen LogP contribution in [0.25, 0.3) is 0 Å². The van der Waals surface area contributed by atoms with Crippen molar-refractivity contribution in [2.45, 2.75) is 30.6 Å². The highest BCUT2D eigenvalue weighted by Crippen LogP contribution is 2.26. The molecule has 0 aromatic heterocycles. The molecule has 2 rings (SSSR count). The minimum Gasteiger partial charge on any atom is -0.348 e. The summed E-state index contributed by atoms with van der Waals surface area (Å²) in [7, 11) is -4.12. The molecule has 0 atom stereocenters. The molecule has 1 aromatic rings. The third-order valence-electron chi connectivity index (χ3n) is 3.87. The van der Waals surface area contributed by atoms with Crippen molar-refractivity contribution < 1.29 is 22.0 Å². The Morgan fingerprint density at radius 1 is 1.21 bits per heavy atom. The van der Waals surface area contributed by atoms with E-state index in [-0.39, 0.29) is 19.6 Å². The van der Waals surface area contributed by atoms with Crippen molar-refractivity contribution in [3.05, 3.63) is 42.0 Å². The van der Waals surface area contributed by atoms with Crippen LogP contribution >= 0.6 is 0 Å². The maximum Gasteiger partial charge on any atom is 0.257 e. The van der Waals surface area contributed by atoms with Crippen LogP contribution in [0.5, 0.6) is 0 Å². The molecule has 1 aliphatic rings.